The van der Waals surface area contributed by atoms with Crippen LogP contribution in [0.4, 0.5) is 4.39 Å². The van der Waals surface area contributed by atoms with Crippen molar-refractivity contribution in [3.05, 3.63) is 72.9 Å². The maximum Gasteiger partial charge on any atom is 0.159 e. The molecule has 6 rings (SSSR count). The fraction of sp³-hybridized carbons (Fsp3) is 0.250. The van der Waals surface area contributed by atoms with Crippen LogP contribution in [0.5, 0.6) is 11.5 Å². The first-order valence-electron chi connectivity index (χ1n) is 14.0. The lowest BCUT2D eigenvalue weighted by Crippen LogP contribution is -2.19. The van der Waals surface area contributed by atoms with Gasteiger partial charge in [-0.05, 0) is 70.2 Å². The van der Waals surface area contributed by atoms with Crippen LogP contribution in [0.3, 0.4) is 0 Å². The lowest BCUT2D eigenvalue weighted by atomic mass is 10.0. The van der Waals surface area contributed by atoms with Gasteiger partial charge < -0.3 is 24.3 Å². The predicted octanol–water partition coefficient (Wildman–Crippen LogP) is 5.25. The summed E-state index contributed by atoms with van der Waals surface area (Å²) in [6, 6.07) is 14.5. The summed E-state index contributed by atoms with van der Waals surface area (Å²) in [6.07, 6.45) is 5.22. The molecule has 0 fully saturated rings. The maximum absolute atomic E-state index is 14.6. The van der Waals surface area contributed by atoms with Crippen molar-refractivity contribution in [2.24, 2.45) is 0 Å². The van der Waals surface area contributed by atoms with E-state index in [1.807, 2.05) is 63.6 Å². The number of rotatable bonds is 11. The van der Waals surface area contributed by atoms with Crippen molar-refractivity contribution >= 4 is 21.9 Å². The Morgan fingerprint density at radius 2 is 1.53 bits per heavy atom. The van der Waals surface area contributed by atoms with Crippen molar-refractivity contribution in [1.29, 1.82) is 0 Å². The van der Waals surface area contributed by atoms with E-state index < -0.39 is 5.82 Å². The number of nitrogens with zero attached hydrogens (tertiary/aromatic N) is 6. The zero-order valence-corrected chi connectivity index (χ0v) is 24.6. The quantitative estimate of drug-likeness (QED) is 0.214. The van der Waals surface area contributed by atoms with Gasteiger partial charge in [-0.25, -0.2) is 9.37 Å². The molecule has 2 N–H and O–H groups in total. The first kappa shape index (κ1) is 28.3. The third-order valence-electron chi connectivity index (χ3n) is 6.99. The van der Waals surface area contributed by atoms with Crippen LogP contribution in [0.1, 0.15) is 0 Å². The minimum absolute atomic E-state index is 0.403. The number of hydrogen-bond acceptors (Lipinski definition) is 8. The van der Waals surface area contributed by atoms with E-state index in [1.54, 1.807) is 18.5 Å². The van der Waals surface area contributed by atoms with E-state index >= 15 is 0 Å². The number of fused-ring (bicyclic) bond motifs is 2. The molecule has 2 aromatic carbocycles. The predicted molar refractivity (Wildman–Crippen MR) is 166 cm³/mol. The second-order valence-corrected chi connectivity index (χ2v) is 10.9. The number of aromatic nitrogens is 6. The molecule has 0 aliphatic carbocycles. The molecule has 0 spiro atoms. The molecule has 43 heavy (non-hydrogen) atoms. The van der Waals surface area contributed by atoms with Crippen LogP contribution in [0.25, 0.3) is 55.8 Å². The normalized spacial score (nSPS) is 11.7. The topological polar surface area (TPSA) is 108 Å². The number of imidazole rings is 1. The van der Waals surface area contributed by atoms with Crippen molar-refractivity contribution in [3.8, 4) is 45.4 Å². The summed E-state index contributed by atoms with van der Waals surface area (Å²) in [7, 11) is 7.94. The van der Waals surface area contributed by atoms with Crippen molar-refractivity contribution in [2.75, 3.05) is 54.5 Å². The molecule has 0 unspecified atom stereocenters. The monoisotopic (exact) mass is 580 g/mol. The van der Waals surface area contributed by atoms with Crippen LogP contribution in [-0.2, 0) is 0 Å². The number of H-pyrrole nitrogens is 2. The average molecular weight is 581 g/mol. The Bertz CT molecular complexity index is 1880. The molecule has 4 heterocycles. The standard InChI is InChI=1S/C32H33FN8O2/c1-40(2)9-11-42-24-14-21(13-23(33)17-24)29-31-28(7-8-35-29)36-32(37-31)30-26-16-20(5-6-27(26)38-39-30)22-15-25(19-34-18-22)43-12-10-41(3)4/h5-8,13-19H,9-12H2,1-4H3,(H,36,37)(H,38,39). The number of aromatic amines is 2. The Morgan fingerprint density at radius 3 is 2.33 bits per heavy atom. The molecular weight excluding hydrogens is 547 g/mol. The van der Waals surface area contributed by atoms with Gasteiger partial charge in [0.1, 0.15) is 41.7 Å². The number of benzene rings is 2. The van der Waals surface area contributed by atoms with Gasteiger partial charge in [-0.2, -0.15) is 5.10 Å². The highest BCUT2D eigenvalue weighted by Gasteiger charge is 2.17. The van der Waals surface area contributed by atoms with Gasteiger partial charge in [-0.15, -0.1) is 0 Å². The summed E-state index contributed by atoms with van der Waals surface area (Å²) in [6.45, 7) is 2.55. The second-order valence-electron chi connectivity index (χ2n) is 10.9. The molecule has 0 aliphatic heterocycles. The molecule has 0 amide bonds. The Labute approximate surface area is 248 Å². The average Bonchev–Trinajstić information content (AvgIpc) is 3.60. The van der Waals surface area contributed by atoms with E-state index in [9.17, 15) is 4.39 Å². The van der Waals surface area contributed by atoms with Crippen LogP contribution >= 0.6 is 0 Å². The second kappa shape index (κ2) is 12.2. The molecule has 10 nitrogen and oxygen atoms in total. The van der Waals surface area contributed by atoms with Crippen molar-refractivity contribution < 1.29 is 13.9 Å². The highest BCUT2D eigenvalue weighted by Crippen LogP contribution is 2.34. The highest BCUT2D eigenvalue weighted by molar-refractivity contribution is 5.97. The highest BCUT2D eigenvalue weighted by atomic mass is 19.1. The van der Waals surface area contributed by atoms with Crippen LogP contribution in [0.15, 0.2) is 67.1 Å². The van der Waals surface area contributed by atoms with Gasteiger partial charge in [0.2, 0.25) is 0 Å². The van der Waals surface area contributed by atoms with Gasteiger partial charge in [0.25, 0.3) is 0 Å². The molecule has 0 bridgehead atoms. The maximum atomic E-state index is 14.6. The van der Waals surface area contributed by atoms with Gasteiger partial charge >= 0.3 is 0 Å². The number of pyridine rings is 2. The summed E-state index contributed by atoms with van der Waals surface area (Å²) in [5.41, 5.74) is 5.95. The molecule has 220 valence electrons. The fourth-order valence-corrected chi connectivity index (χ4v) is 4.76. The zero-order chi connectivity index (χ0) is 29.9. The van der Waals surface area contributed by atoms with Gasteiger partial charge in [-0.1, -0.05) is 6.07 Å². The molecule has 0 saturated carbocycles. The molecule has 4 aromatic heterocycles. The van der Waals surface area contributed by atoms with Gasteiger partial charge in [0.05, 0.1) is 22.9 Å². The van der Waals surface area contributed by atoms with E-state index in [0.717, 1.165) is 34.1 Å². The van der Waals surface area contributed by atoms with E-state index in [-0.39, 0.29) is 0 Å². The van der Waals surface area contributed by atoms with Crippen LogP contribution in [0, 0.1) is 5.82 Å². The van der Waals surface area contributed by atoms with Gasteiger partial charge in [0.15, 0.2) is 5.82 Å². The fourth-order valence-electron chi connectivity index (χ4n) is 4.76. The van der Waals surface area contributed by atoms with Crippen molar-refractivity contribution in [1.82, 2.24) is 39.9 Å². The molecule has 11 heteroatoms. The number of hydrogen-bond donors (Lipinski definition) is 2. The first-order valence-corrected chi connectivity index (χ1v) is 14.0. The summed E-state index contributed by atoms with van der Waals surface area (Å²) < 4.78 is 26.3. The largest absolute Gasteiger partial charge is 0.492 e. The SMILES string of the molecule is CN(C)CCOc1cncc(-c2ccc3[nH]nc(-c4nc5c(-c6cc(F)cc(OCCN(C)C)c6)nccc5[nH]4)c3c2)c1. The van der Waals surface area contributed by atoms with Crippen molar-refractivity contribution in [3.63, 3.8) is 0 Å². The Hall–Kier alpha value is -4.87. The lowest BCUT2D eigenvalue weighted by molar-refractivity contribution is 0.260. The van der Waals surface area contributed by atoms with Crippen LogP contribution in [0.2, 0.25) is 0 Å². The van der Waals surface area contributed by atoms with E-state index in [1.165, 1.54) is 12.1 Å². The van der Waals surface area contributed by atoms with Crippen LogP contribution < -0.4 is 9.47 Å². The lowest BCUT2D eigenvalue weighted by Gasteiger charge is -2.12. The van der Waals surface area contributed by atoms with Crippen LogP contribution in [-0.4, -0.2) is 94.4 Å². The molecule has 0 aliphatic rings. The smallest absolute Gasteiger partial charge is 0.159 e. The first-order chi connectivity index (χ1) is 20.8. The summed E-state index contributed by atoms with van der Waals surface area (Å²) in [5.74, 6) is 1.33. The third kappa shape index (κ3) is 6.32. The Kier molecular flexibility index (Phi) is 7.99. The molecule has 0 saturated heterocycles. The Morgan fingerprint density at radius 1 is 0.767 bits per heavy atom. The number of nitrogens with one attached hydrogen (secondary N) is 2. The molecular formula is C32H33FN8O2. The summed E-state index contributed by atoms with van der Waals surface area (Å²) >= 11 is 0. The summed E-state index contributed by atoms with van der Waals surface area (Å²) in [5, 5.41) is 8.58. The zero-order valence-electron chi connectivity index (χ0n) is 24.6. The summed E-state index contributed by atoms with van der Waals surface area (Å²) in [4.78, 5) is 21.3. The molecule has 6 aromatic rings. The number of halogens is 1. The van der Waals surface area contributed by atoms with E-state index in [2.05, 4.69) is 36.1 Å². The third-order valence-corrected chi connectivity index (χ3v) is 6.99. The molecule has 0 atom stereocenters. The Balaban J connectivity index is 1.33. The van der Waals surface area contributed by atoms with Gasteiger partial charge in [-0.3, -0.25) is 15.1 Å². The number of ether oxygens (including phenoxy) is 2. The van der Waals surface area contributed by atoms with E-state index in [4.69, 9.17) is 14.5 Å². The van der Waals surface area contributed by atoms with Crippen molar-refractivity contribution in [2.45, 2.75) is 0 Å². The van der Waals surface area contributed by atoms with E-state index in [0.29, 0.717) is 59.5 Å². The number of likely N-dealkylation sites (N-methyl/N-ethyl adjacent to an activating group) is 2. The minimum Gasteiger partial charge on any atom is -0.492 e. The molecule has 0 radical (unpaired) electrons. The minimum atomic E-state index is -0.403. The van der Waals surface area contributed by atoms with Gasteiger partial charge in [0, 0.05) is 48.1 Å².